The Hall–Kier alpha value is -1.40. The van der Waals surface area contributed by atoms with Crippen LogP contribution < -0.4 is 20.7 Å². The summed E-state index contributed by atoms with van der Waals surface area (Å²) in [4.78, 5) is 14.3. The van der Waals surface area contributed by atoms with Gasteiger partial charge in [-0.1, -0.05) is 12.1 Å². The molecule has 2 rings (SSSR count). The van der Waals surface area contributed by atoms with E-state index in [4.69, 9.17) is 10.5 Å². The minimum absolute atomic E-state index is 0.0408. The van der Waals surface area contributed by atoms with Crippen molar-refractivity contribution in [2.45, 2.75) is 24.9 Å². The van der Waals surface area contributed by atoms with E-state index in [-0.39, 0.29) is 11.9 Å². The average molecular weight is 323 g/mol. The third-order valence-corrected chi connectivity index (χ3v) is 4.57. The van der Waals surface area contributed by atoms with E-state index >= 15 is 0 Å². The van der Waals surface area contributed by atoms with Gasteiger partial charge in [0, 0.05) is 19.1 Å². The highest BCUT2D eigenvalue weighted by Gasteiger charge is 2.27. The summed E-state index contributed by atoms with van der Waals surface area (Å²) < 4.78 is 5.41. The second kappa shape index (κ2) is 8.29. The molecule has 1 aliphatic heterocycles. The second-order valence-corrected chi connectivity index (χ2v) is 6.49. The quantitative estimate of drug-likeness (QED) is 0.795. The lowest BCUT2D eigenvalue weighted by Gasteiger charge is -2.22. The molecule has 22 heavy (non-hydrogen) atoms. The number of benzene rings is 1. The Kier molecular flexibility index (Phi) is 6.39. The second-order valence-electron chi connectivity index (χ2n) is 5.50. The third kappa shape index (κ3) is 4.30. The molecule has 122 valence electrons. The molecule has 1 aliphatic rings. The molecule has 1 aromatic carbocycles. The first-order valence-electron chi connectivity index (χ1n) is 7.58. The molecule has 0 aliphatic carbocycles. The molecule has 0 saturated carbocycles. The van der Waals surface area contributed by atoms with Crippen LogP contribution in [0.4, 0.5) is 5.69 Å². The van der Waals surface area contributed by atoms with Crippen LogP contribution in [0.1, 0.15) is 12.8 Å². The number of methoxy groups -OCH3 is 1. The van der Waals surface area contributed by atoms with E-state index in [0.29, 0.717) is 0 Å². The van der Waals surface area contributed by atoms with Crippen molar-refractivity contribution >= 4 is 23.4 Å². The van der Waals surface area contributed by atoms with Crippen LogP contribution in [-0.2, 0) is 4.79 Å². The van der Waals surface area contributed by atoms with Crippen LogP contribution >= 0.6 is 11.8 Å². The maximum atomic E-state index is 12.1. The molecule has 3 N–H and O–H groups in total. The monoisotopic (exact) mass is 323 g/mol. The van der Waals surface area contributed by atoms with Crippen molar-refractivity contribution in [1.29, 1.82) is 0 Å². The largest absolute Gasteiger partial charge is 0.495 e. The standard InChI is InChI=1S/C16H25N3O2S/c1-21-15-6-4-3-5-14(15)19-9-7-12(11-19)18-16(20)13(17)8-10-22-2/h3-6,12-13H,7-11,17H2,1-2H3,(H,18,20)/t12?,13-/m0/s1. The first kappa shape index (κ1) is 17.0. The summed E-state index contributed by atoms with van der Waals surface area (Å²) in [5.41, 5.74) is 6.99. The van der Waals surface area contributed by atoms with Crippen LogP contribution in [0.2, 0.25) is 0 Å². The molecule has 1 saturated heterocycles. The van der Waals surface area contributed by atoms with Crippen molar-refractivity contribution in [3.8, 4) is 5.75 Å². The van der Waals surface area contributed by atoms with E-state index in [2.05, 4.69) is 10.2 Å². The number of amides is 1. The Labute approximate surface area is 136 Å². The summed E-state index contributed by atoms with van der Waals surface area (Å²) in [5, 5.41) is 3.07. The van der Waals surface area contributed by atoms with Gasteiger partial charge < -0.3 is 20.7 Å². The van der Waals surface area contributed by atoms with Crippen molar-refractivity contribution in [2.24, 2.45) is 5.73 Å². The van der Waals surface area contributed by atoms with Gasteiger partial charge in [-0.3, -0.25) is 4.79 Å². The predicted molar refractivity (Wildman–Crippen MR) is 92.7 cm³/mol. The zero-order valence-corrected chi connectivity index (χ0v) is 14.1. The summed E-state index contributed by atoms with van der Waals surface area (Å²) in [5.74, 6) is 1.74. The Morgan fingerprint density at radius 2 is 2.32 bits per heavy atom. The maximum Gasteiger partial charge on any atom is 0.237 e. The molecule has 1 unspecified atom stereocenters. The fourth-order valence-electron chi connectivity index (χ4n) is 2.67. The lowest BCUT2D eigenvalue weighted by Crippen LogP contribution is -2.46. The first-order valence-corrected chi connectivity index (χ1v) is 8.98. The Morgan fingerprint density at radius 3 is 3.05 bits per heavy atom. The number of nitrogens with zero attached hydrogens (tertiary/aromatic N) is 1. The number of nitrogens with one attached hydrogen (secondary N) is 1. The van der Waals surface area contributed by atoms with Crippen LogP contribution in [0.3, 0.4) is 0 Å². The van der Waals surface area contributed by atoms with Crippen molar-refractivity contribution in [2.75, 3.05) is 37.1 Å². The Balaban J connectivity index is 1.89. The third-order valence-electron chi connectivity index (χ3n) is 3.93. The number of rotatable bonds is 7. The smallest absolute Gasteiger partial charge is 0.237 e. The number of para-hydroxylation sites is 2. The number of carbonyl (C=O) groups excluding carboxylic acids is 1. The van der Waals surface area contributed by atoms with Gasteiger partial charge in [0.05, 0.1) is 18.8 Å². The molecule has 0 aromatic heterocycles. The van der Waals surface area contributed by atoms with Gasteiger partial charge in [-0.15, -0.1) is 0 Å². The molecule has 1 amide bonds. The van der Waals surface area contributed by atoms with Gasteiger partial charge in [0.15, 0.2) is 0 Å². The summed E-state index contributed by atoms with van der Waals surface area (Å²) in [6, 6.07) is 7.71. The predicted octanol–water partition coefficient (Wildman–Crippen LogP) is 1.47. The van der Waals surface area contributed by atoms with Crippen molar-refractivity contribution in [1.82, 2.24) is 5.32 Å². The van der Waals surface area contributed by atoms with Crippen LogP contribution in [0.5, 0.6) is 5.75 Å². The number of carbonyl (C=O) groups is 1. The number of thioether (sulfide) groups is 1. The lowest BCUT2D eigenvalue weighted by molar-refractivity contribution is -0.122. The molecule has 0 spiro atoms. The average Bonchev–Trinajstić information content (AvgIpc) is 3.00. The molecule has 0 bridgehead atoms. The fraction of sp³-hybridized carbons (Fsp3) is 0.562. The van der Waals surface area contributed by atoms with Crippen molar-refractivity contribution < 1.29 is 9.53 Å². The summed E-state index contributed by atoms with van der Waals surface area (Å²) in [6.07, 6.45) is 3.67. The van der Waals surface area contributed by atoms with Gasteiger partial charge in [0.1, 0.15) is 5.75 Å². The number of hydrogen-bond donors (Lipinski definition) is 2. The molecular weight excluding hydrogens is 298 g/mol. The van der Waals surface area contributed by atoms with Gasteiger partial charge >= 0.3 is 0 Å². The molecule has 6 heteroatoms. The van der Waals surface area contributed by atoms with E-state index < -0.39 is 6.04 Å². The van der Waals surface area contributed by atoms with Gasteiger partial charge in [0.25, 0.3) is 0 Å². The highest BCUT2D eigenvalue weighted by atomic mass is 32.2. The van der Waals surface area contributed by atoms with E-state index in [1.807, 2.05) is 30.5 Å². The molecule has 5 nitrogen and oxygen atoms in total. The number of hydrogen-bond acceptors (Lipinski definition) is 5. The first-order chi connectivity index (χ1) is 10.7. The molecule has 1 aromatic rings. The summed E-state index contributed by atoms with van der Waals surface area (Å²) >= 11 is 1.71. The normalized spacial score (nSPS) is 19.0. The maximum absolute atomic E-state index is 12.1. The molecule has 1 heterocycles. The number of ether oxygens (including phenoxy) is 1. The fourth-order valence-corrected chi connectivity index (χ4v) is 3.16. The van der Waals surface area contributed by atoms with Gasteiger partial charge in [-0.05, 0) is 37.0 Å². The van der Waals surface area contributed by atoms with Gasteiger partial charge in [0.2, 0.25) is 5.91 Å². The Bertz CT molecular complexity index is 498. The molecule has 0 radical (unpaired) electrons. The topological polar surface area (TPSA) is 67.6 Å². The highest BCUT2D eigenvalue weighted by molar-refractivity contribution is 7.98. The molecule has 2 atom stereocenters. The highest BCUT2D eigenvalue weighted by Crippen LogP contribution is 2.30. The SMILES string of the molecule is COc1ccccc1N1CCC(NC(=O)[C@@H](N)CCSC)C1. The number of anilines is 1. The van der Waals surface area contributed by atoms with E-state index in [9.17, 15) is 4.79 Å². The lowest BCUT2D eigenvalue weighted by atomic mass is 10.2. The van der Waals surface area contributed by atoms with Crippen molar-refractivity contribution in [3.63, 3.8) is 0 Å². The molecular formula is C16H25N3O2S. The Morgan fingerprint density at radius 1 is 1.55 bits per heavy atom. The van der Waals surface area contributed by atoms with Crippen LogP contribution in [0, 0.1) is 0 Å². The zero-order valence-electron chi connectivity index (χ0n) is 13.2. The van der Waals surface area contributed by atoms with Crippen LogP contribution in [0.15, 0.2) is 24.3 Å². The van der Waals surface area contributed by atoms with Crippen LogP contribution in [-0.4, -0.2) is 50.2 Å². The minimum atomic E-state index is -0.409. The van der Waals surface area contributed by atoms with Gasteiger partial charge in [-0.25, -0.2) is 0 Å². The van der Waals surface area contributed by atoms with E-state index in [1.165, 1.54) is 0 Å². The summed E-state index contributed by atoms with van der Waals surface area (Å²) in [6.45, 7) is 1.70. The van der Waals surface area contributed by atoms with E-state index in [0.717, 1.165) is 43.1 Å². The van der Waals surface area contributed by atoms with E-state index in [1.54, 1.807) is 18.9 Å². The van der Waals surface area contributed by atoms with Gasteiger partial charge in [-0.2, -0.15) is 11.8 Å². The van der Waals surface area contributed by atoms with Crippen LogP contribution in [0.25, 0.3) is 0 Å². The summed E-state index contributed by atoms with van der Waals surface area (Å²) in [7, 11) is 1.68. The molecule has 1 fully saturated rings. The minimum Gasteiger partial charge on any atom is -0.495 e. The number of nitrogens with two attached hydrogens (primary N) is 1. The zero-order chi connectivity index (χ0) is 15.9. The van der Waals surface area contributed by atoms with Crippen molar-refractivity contribution in [3.05, 3.63) is 24.3 Å².